The van der Waals surface area contributed by atoms with Crippen molar-refractivity contribution in [2.24, 2.45) is 0 Å². The number of fused-ring (bicyclic) bond motifs is 6. The zero-order valence-corrected chi connectivity index (χ0v) is 27.8. The first kappa shape index (κ1) is 29.1. The molecule has 0 radical (unpaired) electrons. The van der Waals surface area contributed by atoms with E-state index < -0.39 is 0 Å². The highest BCUT2D eigenvalue weighted by Gasteiger charge is 2.21. The third kappa shape index (κ3) is 4.82. The average Bonchev–Trinajstić information content (AvgIpc) is 3.73. The monoisotopic (exact) mass is 654 g/mol. The van der Waals surface area contributed by atoms with E-state index in [1.54, 1.807) is 0 Å². The van der Waals surface area contributed by atoms with Crippen LogP contribution in [0.5, 0.6) is 0 Å². The number of benzene rings is 7. The molecule has 0 N–H and O–H groups in total. The Kier molecular flexibility index (Phi) is 6.64. The summed E-state index contributed by atoms with van der Waals surface area (Å²) in [7, 11) is 0. The molecule has 0 aliphatic carbocycles. The molecule has 0 fully saturated rings. The number of aryl methyl sites for hydroxylation is 1. The van der Waals surface area contributed by atoms with Gasteiger partial charge in [0.1, 0.15) is 11.2 Å². The van der Waals surface area contributed by atoms with E-state index in [1.807, 2.05) is 72.8 Å². The highest BCUT2D eigenvalue weighted by molar-refractivity contribution is 6.11. The molecule has 7 aromatic carbocycles. The fourth-order valence-corrected chi connectivity index (χ4v) is 7.32. The number of hydrogen-bond acceptors (Lipinski definition) is 4. The van der Waals surface area contributed by atoms with E-state index in [0.717, 1.165) is 66.5 Å². The maximum Gasteiger partial charge on any atom is 0.166 e. The first-order valence-electron chi connectivity index (χ1n) is 17.1. The van der Waals surface area contributed by atoms with Gasteiger partial charge in [0.2, 0.25) is 0 Å². The fraction of sp³-hybridized carbons (Fsp3) is 0.0217. The largest absolute Gasteiger partial charge is 0.455 e. The SMILES string of the molecule is Cc1ccc2c3ccccc3n(-c3ccc(-c4cccc5c4oc4ccccc45)cc3-c3nc(-c4ccccc4)nc(-c4ccccc4)n3)c2c1. The van der Waals surface area contributed by atoms with Crippen molar-refractivity contribution in [3.05, 3.63) is 169 Å². The van der Waals surface area contributed by atoms with Gasteiger partial charge in [-0.2, -0.15) is 0 Å². The van der Waals surface area contributed by atoms with Crippen molar-refractivity contribution >= 4 is 43.7 Å². The molecule has 5 nitrogen and oxygen atoms in total. The first-order valence-corrected chi connectivity index (χ1v) is 17.1. The summed E-state index contributed by atoms with van der Waals surface area (Å²) in [5.74, 6) is 1.83. The minimum absolute atomic E-state index is 0.593. The molecule has 0 aliphatic rings. The second-order valence-electron chi connectivity index (χ2n) is 12.9. The predicted octanol–water partition coefficient (Wildman–Crippen LogP) is 11.8. The van der Waals surface area contributed by atoms with Gasteiger partial charge in [0, 0.05) is 43.8 Å². The third-order valence-electron chi connectivity index (χ3n) is 9.72. The van der Waals surface area contributed by atoms with Crippen LogP contribution in [0.15, 0.2) is 168 Å². The molecule has 0 unspecified atom stereocenters. The summed E-state index contributed by atoms with van der Waals surface area (Å²) < 4.78 is 8.88. The molecule has 10 aromatic rings. The smallest absolute Gasteiger partial charge is 0.166 e. The van der Waals surface area contributed by atoms with Crippen molar-refractivity contribution in [3.8, 4) is 51.0 Å². The summed E-state index contributed by atoms with van der Waals surface area (Å²) in [4.78, 5) is 15.4. The molecule has 0 aliphatic heterocycles. The van der Waals surface area contributed by atoms with Crippen LogP contribution in [-0.4, -0.2) is 19.5 Å². The van der Waals surface area contributed by atoms with Gasteiger partial charge in [-0.15, -0.1) is 0 Å². The van der Waals surface area contributed by atoms with E-state index >= 15 is 0 Å². The van der Waals surface area contributed by atoms with Crippen LogP contribution in [0, 0.1) is 6.92 Å². The van der Waals surface area contributed by atoms with Crippen molar-refractivity contribution in [2.45, 2.75) is 6.92 Å². The molecule has 240 valence electrons. The molecule has 0 amide bonds. The van der Waals surface area contributed by atoms with E-state index in [2.05, 4.69) is 102 Å². The molecule has 0 saturated carbocycles. The normalized spacial score (nSPS) is 11.6. The number of rotatable bonds is 5. The van der Waals surface area contributed by atoms with E-state index in [1.165, 1.54) is 16.3 Å². The Morgan fingerprint density at radius 2 is 1.06 bits per heavy atom. The van der Waals surface area contributed by atoms with Gasteiger partial charge in [-0.1, -0.05) is 133 Å². The highest BCUT2D eigenvalue weighted by Crippen LogP contribution is 2.41. The summed E-state index contributed by atoms with van der Waals surface area (Å²) in [6.07, 6.45) is 0. The first-order chi connectivity index (χ1) is 25.2. The van der Waals surface area contributed by atoms with Crippen LogP contribution in [0.3, 0.4) is 0 Å². The summed E-state index contributed by atoms with van der Waals surface area (Å²) in [5, 5.41) is 4.58. The van der Waals surface area contributed by atoms with Crippen LogP contribution in [0.2, 0.25) is 0 Å². The Morgan fingerprint density at radius 1 is 0.431 bits per heavy atom. The standard InChI is InChI=1S/C46H30N4O/c1-29-23-25-35-34-17-8-10-21-39(34)50(41(35)27-29)40-26-24-32(33-19-12-20-37-36-18-9-11-22-42(36)51-43(33)37)28-38(40)46-48-44(30-13-4-2-5-14-30)47-45(49-46)31-15-6-3-7-16-31/h2-28H,1H3. The Labute approximate surface area is 294 Å². The molecule has 51 heavy (non-hydrogen) atoms. The fourth-order valence-electron chi connectivity index (χ4n) is 7.32. The van der Waals surface area contributed by atoms with Gasteiger partial charge in [-0.25, -0.2) is 15.0 Å². The molecule has 3 aromatic heterocycles. The Bertz CT molecular complexity index is 2870. The van der Waals surface area contributed by atoms with E-state index in [-0.39, 0.29) is 0 Å². The maximum atomic E-state index is 6.52. The Balaban J connectivity index is 1.30. The molecule has 0 saturated heterocycles. The van der Waals surface area contributed by atoms with E-state index in [0.29, 0.717) is 17.5 Å². The Morgan fingerprint density at radius 3 is 1.82 bits per heavy atom. The van der Waals surface area contributed by atoms with E-state index in [9.17, 15) is 0 Å². The van der Waals surface area contributed by atoms with Crippen molar-refractivity contribution in [1.29, 1.82) is 0 Å². The Hall–Kier alpha value is -6.85. The maximum absolute atomic E-state index is 6.52. The summed E-state index contributed by atoms with van der Waals surface area (Å²) in [5.41, 5.74) is 10.9. The van der Waals surface area contributed by atoms with Crippen LogP contribution in [0.1, 0.15) is 5.56 Å². The number of nitrogens with zero attached hydrogens (tertiary/aromatic N) is 4. The quantitative estimate of drug-likeness (QED) is 0.185. The van der Waals surface area contributed by atoms with Crippen LogP contribution in [0.25, 0.3) is 94.7 Å². The number of hydrogen-bond donors (Lipinski definition) is 0. The average molecular weight is 655 g/mol. The lowest BCUT2D eigenvalue weighted by molar-refractivity contribution is 0.670. The van der Waals surface area contributed by atoms with Crippen molar-refractivity contribution in [3.63, 3.8) is 0 Å². The summed E-state index contributed by atoms with van der Waals surface area (Å²) in [6.45, 7) is 2.14. The lowest BCUT2D eigenvalue weighted by atomic mass is 9.98. The van der Waals surface area contributed by atoms with Gasteiger partial charge in [0.25, 0.3) is 0 Å². The third-order valence-corrected chi connectivity index (χ3v) is 9.72. The van der Waals surface area contributed by atoms with Gasteiger partial charge < -0.3 is 8.98 Å². The zero-order chi connectivity index (χ0) is 33.9. The van der Waals surface area contributed by atoms with Crippen LogP contribution >= 0.6 is 0 Å². The summed E-state index contributed by atoms with van der Waals surface area (Å²) in [6, 6.07) is 56.7. The minimum Gasteiger partial charge on any atom is -0.455 e. The van der Waals surface area contributed by atoms with Crippen LogP contribution in [0.4, 0.5) is 0 Å². The van der Waals surface area contributed by atoms with Crippen molar-refractivity contribution in [2.75, 3.05) is 0 Å². The molecule has 10 rings (SSSR count). The molecule has 0 spiro atoms. The summed E-state index contributed by atoms with van der Waals surface area (Å²) >= 11 is 0. The van der Waals surface area contributed by atoms with Gasteiger partial charge in [-0.3, -0.25) is 0 Å². The van der Waals surface area contributed by atoms with Crippen LogP contribution < -0.4 is 0 Å². The number of furan rings is 1. The second kappa shape index (κ2) is 11.6. The van der Waals surface area contributed by atoms with Gasteiger partial charge >= 0.3 is 0 Å². The highest BCUT2D eigenvalue weighted by atomic mass is 16.3. The molecule has 3 heterocycles. The molecular weight excluding hydrogens is 625 g/mol. The molecular formula is C46H30N4O. The predicted molar refractivity (Wildman–Crippen MR) is 208 cm³/mol. The lowest BCUT2D eigenvalue weighted by Crippen LogP contribution is -2.04. The van der Waals surface area contributed by atoms with Crippen molar-refractivity contribution < 1.29 is 4.42 Å². The van der Waals surface area contributed by atoms with Crippen molar-refractivity contribution in [1.82, 2.24) is 19.5 Å². The molecule has 0 atom stereocenters. The van der Waals surface area contributed by atoms with Gasteiger partial charge in [0.05, 0.1) is 16.7 Å². The lowest BCUT2D eigenvalue weighted by Gasteiger charge is -2.16. The van der Waals surface area contributed by atoms with E-state index in [4.69, 9.17) is 19.4 Å². The minimum atomic E-state index is 0.593. The topological polar surface area (TPSA) is 56.7 Å². The van der Waals surface area contributed by atoms with Crippen LogP contribution in [-0.2, 0) is 0 Å². The molecule has 5 heteroatoms. The number of para-hydroxylation sites is 3. The van der Waals surface area contributed by atoms with Gasteiger partial charge in [-0.05, 0) is 48.4 Å². The number of aromatic nitrogens is 4. The van der Waals surface area contributed by atoms with Gasteiger partial charge in [0.15, 0.2) is 17.5 Å². The second-order valence-corrected chi connectivity index (χ2v) is 12.9. The zero-order valence-electron chi connectivity index (χ0n) is 27.8. The molecule has 0 bridgehead atoms.